The molecular weight excluding hydrogens is 269 g/mol. The molecule has 0 unspecified atom stereocenters. The summed E-state index contributed by atoms with van der Waals surface area (Å²) in [5.74, 6) is 4.67. The smallest absolute Gasteiger partial charge is 0.276 e. The number of hydrogen-bond donors (Lipinski definition) is 1. The number of pyridine rings is 1. The molecule has 0 fully saturated rings. The quantitative estimate of drug-likeness (QED) is 0.855. The van der Waals surface area contributed by atoms with Crippen LogP contribution in [0.25, 0.3) is 0 Å². The van der Waals surface area contributed by atoms with E-state index in [2.05, 4.69) is 16.8 Å². The van der Waals surface area contributed by atoms with Crippen molar-refractivity contribution < 1.29 is 9.18 Å². The topological polar surface area (TPSA) is 59.2 Å². The first-order valence-electron chi connectivity index (χ1n) is 6.31. The van der Waals surface area contributed by atoms with Gasteiger partial charge < -0.3 is 10.6 Å². The van der Waals surface area contributed by atoms with Gasteiger partial charge in [0.2, 0.25) is 0 Å². The molecule has 0 aliphatic heterocycles. The molecule has 0 saturated heterocycles. The minimum Gasteiger partial charge on any atom is -0.320 e. The lowest BCUT2D eigenvalue weighted by atomic mass is 10.2. The lowest BCUT2D eigenvalue weighted by Crippen LogP contribution is -2.27. The molecule has 2 aromatic rings. The first-order valence-corrected chi connectivity index (χ1v) is 6.31. The Kier molecular flexibility index (Phi) is 4.64. The number of aromatic nitrogens is 1. The van der Waals surface area contributed by atoms with E-state index in [-0.39, 0.29) is 17.9 Å². The van der Waals surface area contributed by atoms with Crippen LogP contribution in [0.3, 0.4) is 0 Å². The zero-order chi connectivity index (χ0) is 15.2. The summed E-state index contributed by atoms with van der Waals surface area (Å²) >= 11 is 0. The van der Waals surface area contributed by atoms with Crippen molar-refractivity contribution in [3.63, 3.8) is 0 Å². The lowest BCUT2D eigenvalue weighted by Gasteiger charge is -2.17. The number of para-hydroxylation sites is 1. The highest BCUT2D eigenvalue weighted by atomic mass is 19.1. The van der Waals surface area contributed by atoms with Crippen molar-refractivity contribution in [1.82, 2.24) is 4.98 Å². The van der Waals surface area contributed by atoms with Crippen molar-refractivity contribution in [3.8, 4) is 11.8 Å². The van der Waals surface area contributed by atoms with E-state index >= 15 is 0 Å². The van der Waals surface area contributed by atoms with Crippen molar-refractivity contribution >= 4 is 11.6 Å². The molecule has 0 atom stereocenters. The number of hydrogen-bond acceptors (Lipinski definition) is 3. The van der Waals surface area contributed by atoms with Crippen LogP contribution in [0.5, 0.6) is 0 Å². The van der Waals surface area contributed by atoms with Gasteiger partial charge in [-0.2, -0.15) is 0 Å². The molecule has 1 aromatic carbocycles. The molecule has 2 N–H and O–H groups in total. The lowest BCUT2D eigenvalue weighted by molar-refractivity contribution is 0.0987. The second-order valence-electron chi connectivity index (χ2n) is 4.25. The van der Waals surface area contributed by atoms with E-state index in [1.54, 1.807) is 24.3 Å². The Hall–Kier alpha value is -2.71. The van der Waals surface area contributed by atoms with Crippen LogP contribution in [-0.4, -0.2) is 24.5 Å². The molecule has 1 amide bonds. The number of benzene rings is 1. The van der Waals surface area contributed by atoms with Crippen LogP contribution < -0.4 is 10.6 Å². The van der Waals surface area contributed by atoms with E-state index in [0.29, 0.717) is 5.56 Å². The highest BCUT2D eigenvalue weighted by Gasteiger charge is 2.17. The number of anilines is 1. The summed E-state index contributed by atoms with van der Waals surface area (Å²) in [7, 11) is 1.50. The molecule has 0 saturated carbocycles. The number of rotatable bonds is 2. The van der Waals surface area contributed by atoms with E-state index in [0.717, 1.165) is 0 Å². The monoisotopic (exact) mass is 283 g/mol. The second kappa shape index (κ2) is 6.64. The maximum Gasteiger partial charge on any atom is 0.276 e. The summed E-state index contributed by atoms with van der Waals surface area (Å²) in [6, 6.07) is 9.31. The number of amides is 1. The van der Waals surface area contributed by atoms with Crippen LogP contribution >= 0.6 is 0 Å². The van der Waals surface area contributed by atoms with E-state index in [1.807, 2.05) is 0 Å². The van der Waals surface area contributed by atoms with E-state index in [1.165, 1.54) is 30.3 Å². The third-order valence-electron chi connectivity index (χ3n) is 2.84. The third-order valence-corrected chi connectivity index (χ3v) is 2.84. The standard InChI is InChI=1S/C16H14FN3O/c1-20(15-7-3-2-6-13(15)17)16(21)14-9-8-12(11-19-14)5-4-10-18/h2-3,6-9,11H,10,18H2,1H3. The average Bonchev–Trinajstić information content (AvgIpc) is 2.52. The largest absolute Gasteiger partial charge is 0.320 e. The van der Waals surface area contributed by atoms with Crippen molar-refractivity contribution in [2.75, 3.05) is 18.5 Å². The highest BCUT2D eigenvalue weighted by Crippen LogP contribution is 2.18. The van der Waals surface area contributed by atoms with Crippen molar-refractivity contribution in [2.24, 2.45) is 5.73 Å². The first kappa shape index (κ1) is 14.7. The van der Waals surface area contributed by atoms with E-state index in [9.17, 15) is 9.18 Å². The molecule has 1 aromatic heterocycles. The fourth-order valence-corrected chi connectivity index (χ4v) is 1.75. The molecule has 0 radical (unpaired) electrons. The average molecular weight is 283 g/mol. The van der Waals surface area contributed by atoms with Gasteiger partial charge in [-0.25, -0.2) is 9.37 Å². The summed E-state index contributed by atoms with van der Waals surface area (Å²) in [5, 5.41) is 0. The summed E-state index contributed by atoms with van der Waals surface area (Å²) < 4.78 is 13.7. The summed E-state index contributed by atoms with van der Waals surface area (Å²) in [5.41, 5.74) is 6.38. The van der Waals surface area contributed by atoms with Crippen LogP contribution in [0.1, 0.15) is 16.1 Å². The predicted molar refractivity (Wildman–Crippen MR) is 79.3 cm³/mol. The Morgan fingerprint density at radius 2 is 2.10 bits per heavy atom. The van der Waals surface area contributed by atoms with Gasteiger partial charge in [0.05, 0.1) is 12.2 Å². The van der Waals surface area contributed by atoms with Gasteiger partial charge in [-0.1, -0.05) is 24.0 Å². The summed E-state index contributed by atoms with van der Waals surface area (Å²) in [6.07, 6.45) is 1.49. The van der Waals surface area contributed by atoms with Gasteiger partial charge in [0, 0.05) is 18.8 Å². The van der Waals surface area contributed by atoms with Gasteiger partial charge in [0.15, 0.2) is 0 Å². The molecular formula is C16H14FN3O. The summed E-state index contributed by atoms with van der Waals surface area (Å²) in [4.78, 5) is 17.5. The highest BCUT2D eigenvalue weighted by molar-refractivity contribution is 6.04. The Morgan fingerprint density at radius 1 is 1.33 bits per heavy atom. The predicted octanol–water partition coefficient (Wildman–Crippen LogP) is 1.81. The van der Waals surface area contributed by atoms with Crippen LogP contribution in [0.15, 0.2) is 42.6 Å². The maximum atomic E-state index is 13.7. The fourth-order valence-electron chi connectivity index (χ4n) is 1.75. The summed E-state index contributed by atoms with van der Waals surface area (Å²) in [6.45, 7) is 0.261. The molecule has 2 rings (SSSR count). The number of nitrogens with zero attached hydrogens (tertiary/aromatic N) is 2. The normalized spacial score (nSPS) is 9.67. The van der Waals surface area contributed by atoms with Crippen LogP contribution in [0, 0.1) is 17.7 Å². The third kappa shape index (κ3) is 3.44. The van der Waals surface area contributed by atoms with Crippen LogP contribution in [0.2, 0.25) is 0 Å². The van der Waals surface area contributed by atoms with Gasteiger partial charge in [-0.05, 0) is 24.3 Å². The molecule has 0 aliphatic rings. The number of carbonyl (C=O) groups excluding carboxylic acids is 1. The minimum atomic E-state index is -0.459. The molecule has 0 aliphatic carbocycles. The Morgan fingerprint density at radius 3 is 2.71 bits per heavy atom. The Bertz CT molecular complexity index is 701. The molecule has 4 nitrogen and oxygen atoms in total. The van der Waals surface area contributed by atoms with Crippen LogP contribution in [-0.2, 0) is 0 Å². The maximum absolute atomic E-state index is 13.7. The molecule has 0 spiro atoms. The molecule has 21 heavy (non-hydrogen) atoms. The molecule has 1 heterocycles. The molecule has 0 bridgehead atoms. The van der Waals surface area contributed by atoms with Gasteiger partial charge >= 0.3 is 0 Å². The fraction of sp³-hybridized carbons (Fsp3) is 0.125. The van der Waals surface area contributed by atoms with Crippen molar-refractivity contribution in [1.29, 1.82) is 0 Å². The van der Waals surface area contributed by atoms with Crippen LogP contribution in [0.4, 0.5) is 10.1 Å². The first-order chi connectivity index (χ1) is 10.1. The molecule has 106 valence electrons. The number of halogens is 1. The zero-order valence-electron chi connectivity index (χ0n) is 11.5. The van der Waals surface area contributed by atoms with Crippen molar-refractivity contribution in [3.05, 3.63) is 59.7 Å². The van der Waals surface area contributed by atoms with E-state index < -0.39 is 11.7 Å². The second-order valence-corrected chi connectivity index (χ2v) is 4.25. The van der Waals surface area contributed by atoms with Gasteiger partial charge in [0.1, 0.15) is 11.5 Å². The number of carbonyl (C=O) groups is 1. The number of nitrogens with two attached hydrogens (primary N) is 1. The Balaban J connectivity index is 2.22. The molecule has 5 heteroatoms. The van der Waals surface area contributed by atoms with Crippen molar-refractivity contribution in [2.45, 2.75) is 0 Å². The van der Waals surface area contributed by atoms with Gasteiger partial charge in [-0.15, -0.1) is 0 Å². The van der Waals surface area contributed by atoms with E-state index in [4.69, 9.17) is 5.73 Å². The minimum absolute atomic E-state index is 0.205. The zero-order valence-corrected chi connectivity index (χ0v) is 11.5. The Labute approximate surface area is 122 Å². The SMILES string of the molecule is CN(C(=O)c1ccc(C#CCN)cn1)c1ccccc1F. The van der Waals surface area contributed by atoms with Gasteiger partial charge in [0.25, 0.3) is 5.91 Å². The van der Waals surface area contributed by atoms with Gasteiger partial charge in [-0.3, -0.25) is 4.79 Å².